The van der Waals surface area contributed by atoms with E-state index in [1.807, 2.05) is 24.0 Å². The van der Waals surface area contributed by atoms with E-state index in [0.717, 1.165) is 5.76 Å². The molecule has 0 bridgehead atoms. The Morgan fingerprint density at radius 1 is 1.36 bits per heavy atom. The molecule has 1 saturated heterocycles. The van der Waals surface area contributed by atoms with Gasteiger partial charge in [-0.1, -0.05) is 0 Å². The fraction of sp³-hybridized carbons (Fsp3) is 0.500. The Hall–Kier alpha value is -2.41. The molecular weight excluding hydrogens is 320 g/mol. The van der Waals surface area contributed by atoms with Gasteiger partial charge in [0.25, 0.3) is 0 Å². The number of nitrogens with zero attached hydrogens (tertiary/aromatic N) is 4. The molecule has 0 saturated carbocycles. The monoisotopic (exact) mass is 344 g/mol. The van der Waals surface area contributed by atoms with Gasteiger partial charge in [0.2, 0.25) is 11.9 Å². The number of furan rings is 1. The Labute approximate surface area is 147 Å². The highest BCUT2D eigenvalue weighted by Gasteiger charge is 2.40. The van der Waals surface area contributed by atoms with Gasteiger partial charge >= 0.3 is 0 Å². The third-order valence-electron chi connectivity index (χ3n) is 4.59. The van der Waals surface area contributed by atoms with Gasteiger partial charge in [-0.2, -0.15) is 0 Å². The molecule has 1 aliphatic rings. The molecule has 0 N–H and O–H groups in total. The van der Waals surface area contributed by atoms with Crippen LogP contribution in [0.4, 0.5) is 5.95 Å². The summed E-state index contributed by atoms with van der Waals surface area (Å²) in [6.07, 6.45) is 5.07. The van der Waals surface area contributed by atoms with Crippen LogP contribution in [0.3, 0.4) is 0 Å². The fourth-order valence-corrected chi connectivity index (χ4v) is 3.32. The molecule has 0 aliphatic carbocycles. The van der Waals surface area contributed by atoms with Gasteiger partial charge in [-0.25, -0.2) is 9.97 Å². The first-order chi connectivity index (χ1) is 12.2. The summed E-state index contributed by atoms with van der Waals surface area (Å²) in [5, 5.41) is 0. The lowest BCUT2D eigenvalue weighted by molar-refractivity contribution is -0.137. The maximum atomic E-state index is 13.1. The summed E-state index contributed by atoms with van der Waals surface area (Å²) in [6.45, 7) is 4.97. The molecule has 134 valence electrons. The number of amides is 1. The first kappa shape index (κ1) is 17.4. The topological polar surface area (TPSA) is 71.7 Å². The second-order valence-corrected chi connectivity index (χ2v) is 6.21. The minimum Gasteiger partial charge on any atom is -0.467 e. The molecule has 25 heavy (non-hydrogen) atoms. The van der Waals surface area contributed by atoms with E-state index in [0.29, 0.717) is 38.7 Å². The standard InChI is InChI=1S/C18H24N4O3/c1-3-21(11-15-6-4-9-25-15)17(23)16-12-22(10-14(16)13-24-2)18-19-7-5-8-20-18/h4-9,14,16H,3,10-13H2,1-2H3/t14-,16+/m0/s1. The van der Waals surface area contributed by atoms with Crippen LogP contribution in [-0.2, 0) is 16.1 Å². The van der Waals surface area contributed by atoms with Gasteiger partial charge in [-0.05, 0) is 25.1 Å². The minimum atomic E-state index is -0.140. The summed E-state index contributed by atoms with van der Waals surface area (Å²) in [4.78, 5) is 25.6. The van der Waals surface area contributed by atoms with Crippen LogP contribution in [-0.4, -0.2) is 54.1 Å². The second kappa shape index (κ2) is 8.11. The van der Waals surface area contributed by atoms with Crippen molar-refractivity contribution in [1.29, 1.82) is 0 Å². The van der Waals surface area contributed by atoms with E-state index in [-0.39, 0.29) is 17.7 Å². The highest BCUT2D eigenvalue weighted by Crippen LogP contribution is 2.28. The maximum Gasteiger partial charge on any atom is 0.228 e. The summed E-state index contributed by atoms with van der Waals surface area (Å²) in [5.41, 5.74) is 0. The van der Waals surface area contributed by atoms with Crippen LogP contribution in [0.15, 0.2) is 41.3 Å². The normalized spacial score (nSPS) is 20.0. The molecular formula is C18H24N4O3. The van der Waals surface area contributed by atoms with E-state index < -0.39 is 0 Å². The molecule has 3 rings (SSSR count). The average molecular weight is 344 g/mol. The predicted octanol–water partition coefficient (Wildman–Crippen LogP) is 1.82. The molecule has 2 aromatic rings. The number of hydrogen-bond donors (Lipinski definition) is 0. The number of aromatic nitrogens is 2. The smallest absolute Gasteiger partial charge is 0.228 e. The first-order valence-electron chi connectivity index (χ1n) is 8.55. The number of anilines is 1. The lowest BCUT2D eigenvalue weighted by Gasteiger charge is -2.25. The van der Waals surface area contributed by atoms with Crippen molar-refractivity contribution < 1.29 is 13.9 Å². The second-order valence-electron chi connectivity index (χ2n) is 6.21. The highest BCUT2D eigenvalue weighted by atomic mass is 16.5. The summed E-state index contributed by atoms with van der Waals surface area (Å²) < 4.78 is 10.7. The maximum absolute atomic E-state index is 13.1. The van der Waals surface area contributed by atoms with Crippen LogP contribution in [0, 0.1) is 11.8 Å². The number of carbonyl (C=O) groups excluding carboxylic acids is 1. The molecule has 2 aromatic heterocycles. The van der Waals surface area contributed by atoms with Crippen LogP contribution in [0.5, 0.6) is 0 Å². The zero-order valence-electron chi connectivity index (χ0n) is 14.7. The predicted molar refractivity (Wildman–Crippen MR) is 92.9 cm³/mol. The molecule has 1 fully saturated rings. The van der Waals surface area contributed by atoms with Crippen LogP contribution < -0.4 is 4.90 Å². The third kappa shape index (κ3) is 3.99. The average Bonchev–Trinajstić information content (AvgIpc) is 3.30. The molecule has 0 radical (unpaired) electrons. The first-order valence-corrected chi connectivity index (χ1v) is 8.55. The van der Waals surface area contributed by atoms with E-state index in [1.54, 1.807) is 31.8 Å². The largest absolute Gasteiger partial charge is 0.467 e. The number of ether oxygens (including phenoxy) is 1. The molecule has 1 aliphatic heterocycles. The van der Waals surface area contributed by atoms with Gasteiger partial charge in [0.15, 0.2) is 0 Å². The van der Waals surface area contributed by atoms with Crippen molar-refractivity contribution in [2.75, 3.05) is 38.3 Å². The van der Waals surface area contributed by atoms with Crippen molar-refractivity contribution >= 4 is 11.9 Å². The minimum absolute atomic E-state index is 0.118. The van der Waals surface area contributed by atoms with E-state index >= 15 is 0 Å². The summed E-state index contributed by atoms with van der Waals surface area (Å²) >= 11 is 0. The van der Waals surface area contributed by atoms with E-state index in [9.17, 15) is 4.79 Å². The third-order valence-corrected chi connectivity index (χ3v) is 4.59. The lowest BCUT2D eigenvalue weighted by Crippen LogP contribution is -2.39. The van der Waals surface area contributed by atoms with Crippen molar-refractivity contribution in [3.63, 3.8) is 0 Å². The number of hydrogen-bond acceptors (Lipinski definition) is 6. The highest BCUT2D eigenvalue weighted by molar-refractivity contribution is 5.80. The Morgan fingerprint density at radius 3 is 2.80 bits per heavy atom. The van der Waals surface area contributed by atoms with E-state index in [1.165, 1.54) is 0 Å². The van der Waals surface area contributed by atoms with Crippen molar-refractivity contribution in [3.05, 3.63) is 42.6 Å². The summed E-state index contributed by atoms with van der Waals surface area (Å²) in [6, 6.07) is 5.52. The lowest BCUT2D eigenvalue weighted by atomic mass is 9.95. The van der Waals surface area contributed by atoms with E-state index in [2.05, 4.69) is 14.9 Å². The Balaban J connectivity index is 1.74. The number of rotatable bonds is 7. The Bertz CT molecular complexity index is 662. The zero-order chi connectivity index (χ0) is 17.6. The Morgan fingerprint density at radius 2 is 2.16 bits per heavy atom. The van der Waals surface area contributed by atoms with Crippen LogP contribution in [0.25, 0.3) is 0 Å². The van der Waals surface area contributed by atoms with Crippen LogP contribution >= 0.6 is 0 Å². The van der Waals surface area contributed by atoms with Gasteiger partial charge < -0.3 is 19.0 Å². The fourth-order valence-electron chi connectivity index (χ4n) is 3.32. The van der Waals surface area contributed by atoms with Crippen molar-refractivity contribution in [3.8, 4) is 0 Å². The Kier molecular flexibility index (Phi) is 5.65. The molecule has 1 amide bonds. The van der Waals surface area contributed by atoms with Gasteiger partial charge in [-0.15, -0.1) is 0 Å². The van der Waals surface area contributed by atoms with Gasteiger partial charge in [0.1, 0.15) is 5.76 Å². The van der Waals surface area contributed by atoms with Crippen molar-refractivity contribution in [2.45, 2.75) is 13.5 Å². The molecule has 7 heteroatoms. The molecule has 3 heterocycles. The zero-order valence-corrected chi connectivity index (χ0v) is 14.7. The van der Waals surface area contributed by atoms with Crippen LogP contribution in [0.1, 0.15) is 12.7 Å². The number of carbonyl (C=O) groups is 1. The van der Waals surface area contributed by atoms with Crippen molar-refractivity contribution in [1.82, 2.24) is 14.9 Å². The van der Waals surface area contributed by atoms with Crippen molar-refractivity contribution in [2.24, 2.45) is 11.8 Å². The van der Waals surface area contributed by atoms with Gasteiger partial charge in [0, 0.05) is 45.1 Å². The molecule has 0 unspecified atom stereocenters. The summed E-state index contributed by atoms with van der Waals surface area (Å²) in [5.74, 6) is 1.55. The summed E-state index contributed by atoms with van der Waals surface area (Å²) in [7, 11) is 1.67. The van der Waals surface area contributed by atoms with Gasteiger partial charge in [-0.3, -0.25) is 4.79 Å². The number of methoxy groups -OCH3 is 1. The van der Waals surface area contributed by atoms with Crippen LogP contribution in [0.2, 0.25) is 0 Å². The van der Waals surface area contributed by atoms with Gasteiger partial charge in [0.05, 0.1) is 25.3 Å². The quantitative estimate of drug-likeness (QED) is 0.763. The van der Waals surface area contributed by atoms with E-state index in [4.69, 9.17) is 9.15 Å². The molecule has 7 nitrogen and oxygen atoms in total. The molecule has 2 atom stereocenters. The molecule has 0 aromatic carbocycles. The molecule has 0 spiro atoms. The SMILES string of the molecule is CCN(Cc1ccco1)C(=O)[C@@H]1CN(c2ncccn2)C[C@H]1COC.